The molecule has 4 aromatic heterocycles. The Labute approximate surface area is 369 Å². The lowest BCUT2D eigenvalue weighted by molar-refractivity contribution is 0.667. The number of aromatic nitrogens is 5. The van der Waals surface area contributed by atoms with Gasteiger partial charge in [0.2, 0.25) is 0 Å². The standard InChI is InChI=1S/C51H37B6N5O/c52-28-22-34-39-41(56)42(57)40-35-23-29(53)25-37(55)44(35)62(46(40)45(39)61(43(34)36(54)24-28)30-16-8-3-9-17-30)38-21-11-19-32-31-18-10-20-33(47(31)63-48(32)38)51-59-49(26-12-4-1-5-13-26)58-50(60-51)27-14-6-2-7-15-27/h1-25H,52-57H2. The predicted molar refractivity (Wildman–Crippen MR) is 281 cm³/mol. The van der Waals surface area contributed by atoms with E-state index in [2.05, 4.69) is 147 Å². The van der Waals surface area contributed by atoms with Crippen LogP contribution in [0.4, 0.5) is 0 Å². The maximum absolute atomic E-state index is 7.29. The Morgan fingerprint density at radius 1 is 0.397 bits per heavy atom. The SMILES string of the molecule is Bc1cc(B)c2c(c1)c1c(B)c(B)c3c4cc(B)cc(B)c4n(-c4cccc5c4oc4c(-c6nc(-c7ccccc7)nc(-c7ccccc7)n6)cccc45)c3c1n2-c1ccccc1. The molecule has 0 saturated carbocycles. The largest absolute Gasteiger partial charge is 0.453 e. The molecular formula is C51H37B6N5O. The predicted octanol–water partition coefficient (Wildman–Crippen LogP) is 2.52. The molecule has 12 heteroatoms. The molecule has 63 heavy (non-hydrogen) atoms. The van der Waals surface area contributed by atoms with Gasteiger partial charge in [0.05, 0.1) is 22.3 Å². The number of nitrogens with zero attached hydrogens (tertiary/aromatic N) is 5. The van der Waals surface area contributed by atoms with E-state index in [1.165, 1.54) is 76.4 Å². The molecule has 0 radical (unpaired) electrons. The Balaban J connectivity index is 1.22. The molecule has 0 saturated heterocycles. The number of fused-ring (bicyclic) bond motifs is 10. The highest BCUT2D eigenvalue weighted by molar-refractivity contribution is 6.61. The van der Waals surface area contributed by atoms with Crippen LogP contribution < -0.4 is 32.8 Å². The summed E-state index contributed by atoms with van der Waals surface area (Å²) >= 11 is 0. The highest BCUT2D eigenvalue weighted by Gasteiger charge is 2.28. The van der Waals surface area contributed by atoms with E-state index >= 15 is 0 Å². The van der Waals surface area contributed by atoms with Crippen LogP contribution in [-0.4, -0.2) is 71.2 Å². The molecule has 290 valence electrons. The van der Waals surface area contributed by atoms with Gasteiger partial charge < -0.3 is 13.6 Å². The third kappa shape index (κ3) is 5.57. The second-order valence-electron chi connectivity index (χ2n) is 17.1. The first-order valence-corrected chi connectivity index (χ1v) is 21.6. The van der Waals surface area contributed by atoms with Crippen LogP contribution >= 0.6 is 0 Å². The van der Waals surface area contributed by atoms with Crippen LogP contribution in [0.5, 0.6) is 0 Å². The summed E-state index contributed by atoms with van der Waals surface area (Å²) in [6.45, 7) is 0. The minimum absolute atomic E-state index is 0.558. The van der Waals surface area contributed by atoms with Crippen LogP contribution in [0.1, 0.15) is 0 Å². The molecule has 0 spiro atoms. The summed E-state index contributed by atoms with van der Waals surface area (Å²) in [5.74, 6) is 1.78. The number of furan rings is 1. The lowest BCUT2D eigenvalue weighted by Gasteiger charge is -2.15. The van der Waals surface area contributed by atoms with Crippen molar-refractivity contribution in [2.75, 3.05) is 0 Å². The molecule has 0 atom stereocenters. The van der Waals surface area contributed by atoms with Crippen LogP contribution in [-0.2, 0) is 0 Å². The average Bonchev–Trinajstić information content (AvgIpc) is 3.97. The summed E-state index contributed by atoms with van der Waals surface area (Å²) in [7, 11) is 13.5. The zero-order valence-electron chi connectivity index (χ0n) is 36.1. The van der Waals surface area contributed by atoms with Gasteiger partial charge >= 0.3 is 0 Å². The number of hydrogen-bond acceptors (Lipinski definition) is 4. The summed E-state index contributed by atoms with van der Waals surface area (Å²) in [5, 5.41) is 7.08. The van der Waals surface area contributed by atoms with Crippen molar-refractivity contribution in [2.24, 2.45) is 0 Å². The summed E-state index contributed by atoms with van der Waals surface area (Å²) in [6.07, 6.45) is 0. The monoisotopic (exact) mass is 801 g/mol. The fourth-order valence-electron chi connectivity index (χ4n) is 10.3. The molecule has 0 aliphatic rings. The molecule has 12 rings (SSSR count). The highest BCUT2D eigenvalue weighted by Crippen LogP contribution is 2.43. The number of hydrogen-bond donors (Lipinski definition) is 0. The lowest BCUT2D eigenvalue weighted by Crippen LogP contribution is -2.27. The topological polar surface area (TPSA) is 61.7 Å². The molecule has 6 nitrogen and oxygen atoms in total. The smallest absolute Gasteiger partial charge is 0.167 e. The third-order valence-corrected chi connectivity index (χ3v) is 13.0. The van der Waals surface area contributed by atoms with E-state index in [-0.39, 0.29) is 0 Å². The molecular weight excluding hydrogens is 763 g/mol. The van der Waals surface area contributed by atoms with Gasteiger partial charge in [-0.15, -0.1) is 0 Å². The first kappa shape index (κ1) is 37.3. The summed E-state index contributed by atoms with van der Waals surface area (Å²) in [6, 6.07) is 53.3. The van der Waals surface area contributed by atoms with Crippen LogP contribution in [0.3, 0.4) is 0 Å². The molecule has 0 aliphatic heterocycles. The Kier molecular flexibility index (Phi) is 8.32. The first-order valence-electron chi connectivity index (χ1n) is 21.6. The molecule has 0 amide bonds. The van der Waals surface area contributed by atoms with Crippen LogP contribution in [0.25, 0.3) is 111 Å². The lowest BCUT2D eigenvalue weighted by atomic mass is 9.74. The maximum Gasteiger partial charge on any atom is 0.167 e. The Morgan fingerprint density at radius 2 is 0.873 bits per heavy atom. The van der Waals surface area contributed by atoms with Crippen molar-refractivity contribution in [2.45, 2.75) is 0 Å². The van der Waals surface area contributed by atoms with Crippen molar-refractivity contribution in [1.29, 1.82) is 0 Å². The maximum atomic E-state index is 7.29. The van der Waals surface area contributed by atoms with Crippen molar-refractivity contribution in [1.82, 2.24) is 24.1 Å². The number of para-hydroxylation sites is 3. The second-order valence-corrected chi connectivity index (χ2v) is 17.1. The summed E-state index contributed by atoms with van der Waals surface area (Å²) in [4.78, 5) is 15.2. The molecule has 8 aromatic carbocycles. The van der Waals surface area contributed by atoms with Gasteiger partial charge in [0.15, 0.2) is 23.1 Å². The first-order chi connectivity index (χ1) is 30.7. The van der Waals surface area contributed by atoms with E-state index in [0.717, 1.165) is 50.0 Å². The zero-order valence-corrected chi connectivity index (χ0v) is 36.1. The van der Waals surface area contributed by atoms with Gasteiger partial charge in [-0.25, -0.2) is 15.0 Å². The molecule has 0 unspecified atom stereocenters. The Hall–Kier alpha value is -7.44. The van der Waals surface area contributed by atoms with E-state index in [0.29, 0.717) is 17.5 Å². The average molecular weight is 801 g/mol. The molecule has 0 bridgehead atoms. The second kappa shape index (κ2) is 14.0. The van der Waals surface area contributed by atoms with Gasteiger partial charge in [0, 0.05) is 60.2 Å². The van der Waals surface area contributed by atoms with E-state index in [9.17, 15) is 0 Å². The molecule has 0 N–H and O–H groups in total. The van der Waals surface area contributed by atoms with Crippen molar-refractivity contribution in [3.63, 3.8) is 0 Å². The summed E-state index contributed by atoms with van der Waals surface area (Å²) < 4.78 is 12.3. The van der Waals surface area contributed by atoms with E-state index in [1.807, 2.05) is 60.7 Å². The minimum Gasteiger partial charge on any atom is -0.453 e. The van der Waals surface area contributed by atoms with Crippen molar-refractivity contribution in [3.05, 3.63) is 152 Å². The van der Waals surface area contributed by atoms with Crippen LogP contribution in [0.15, 0.2) is 156 Å². The Bertz CT molecular complexity index is 3810. The Morgan fingerprint density at radius 3 is 1.44 bits per heavy atom. The van der Waals surface area contributed by atoms with Crippen molar-refractivity contribution < 1.29 is 4.42 Å². The number of rotatable bonds is 5. The fraction of sp³-hybridized carbons (Fsp3) is 0. The van der Waals surface area contributed by atoms with Gasteiger partial charge in [-0.1, -0.05) is 160 Å². The van der Waals surface area contributed by atoms with E-state index < -0.39 is 0 Å². The van der Waals surface area contributed by atoms with E-state index in [4.69, 9.17) is 19.4 Å². The summed E-state index contributed by atoms with van der Waals surface area (Å²) in [5.41, 5.74) is 18.6. The van der Waals surface area contributed by atoms with Crippen molar-refractivity contribution >= 4 is 145 Å². The van der Waals surface area contributed by atoms with Crippen molar-refractivity contribution in [3.8, 4) is 45.5 Å². The quantitative estimate of drug-likeness (QED) is 0.252. The van der Waals surface area contributed by atoms with Crippen LogP contribution in [0, 0.1) is 0 Å². The van der Waals surface area contributed by atoms with Gasteiger partial charge in [-0.2, -0.15) is 0 Å². The van der Waals surface area contributed by atoms with Crippen LogP contribution in [0.2, 0.25) is 0 Å². The molecule has 0 aliphatic carbocycles. The highest BCUT2D eigenvalue weighted by atomic mass is 16.3. The molecule has 0 fully saturated rings. The van der Waals surface area contributed by atoms with Gasteiger partial charge in [-0.05, 0) is 24.3 Å². The minimum atomic E-state index is 0.558. The van der Waals surface area contributed by atoms with Gasteiger partial charge in [0.25, 0.3) is 0 Å². The normalized spacial score (nSPS) is 11.9. The zero-order chi connectivity index (χ0) is 42.7. The fourth-order valence-corrected chi connectivity index (χ4v) is 10.3. The molecule has 12 aromatic rings. The van der Waals surface area contributed by atoms with Gasteiger partial charge in [-0.3, -0.25) is 0 Å². The third-order valence-electron chi connectivity index (χ3n) is 13.0. The van der Waals surface area contributed by atoms with E-state index in [1.54, 1.807) is 0 Å². The van der Waals surface area contributed by atoms with Gasteiger partial charge in [0.1, 0.15) is 52.7 Å². The molecule has 4 heterocycles. The number of benzene rings is 8.